The highest BCUT2D eigenvalue weighted by Crippen LogP contribution is 2.22. The van der Waals surface area contributed by atoms with E-state index in [1.54, 1.807) is 0 Å². The van der Waals surface area contributed by atoms with Gasteiger partial charge in [-0.3, -0.25) is 0 Å². The summed E-state index contributed by atoms with van der Waals surface area (Å²) in [5.74, 6) is 0.817. The molecule has 1 N–H and O–H groups in total. The van der Waals surface area contributed by atoms with Crippen molar-refractivity contribution in [3.8, 4) is 0 Å². The van der Waals surface area contributed by atoms with E-state index < -0.39 is 0 Å². The molecule has 0 spiro atoms. The first kappa shape index (κ1) is 11.3. The molecule has 1 fully saturated rings. The van der Waals surface area contributed by atoms with E-state index in [4.69, 9.17) is 11.6 Å². The minimum Gasteiger partial charge on any atom is -0.314 e. The standard InChI is InChI=1S/C11H22ClN/c1-9(2)7-8-13-11-5-3-10(12)4-6-11/h9-11,13H,3-8H2,1-2H3. The first-order valence-electron chi connectivity index (χ1n) is 5.56. The molecule has 78 valence electrons. The summed E-state index contributed by atoms with van der Waals surface area (Å²) in [5.41, 5.74) is 0. The Bertz CT molecular complexity index is 128. The minimum atomic E-state index is 0.447. The molecule has 0 aliphatic heterocycles. The third kappa shape index (κ3) is 4.87. The topological polar surface area (TPSA) is 12.0 Å². The maximum Gasteiger partial charge on any atom is 0.0337 e. The molecule has 0 aromatic carbocycles. The molecule has 1 saturated carbocycles. The van der Waals surface area contributed by atoms with E-state index in [9.17, 15) is 0 Å². The van der Waals surface area contributed by atoms with Crippen LogP contribution in [0.4, 0.5) is 0 Å². The van der Waals surface area contributed by atoms with Gasteiger partial charge in [-0.15, -0.1) is 11.6 Å². The third-order valence-corrected chi connectivity index (χ3v) is 3.25. The number of rotatable bonds is 4. The van der Waals surface area contributed by atoms with Crippen LogP contribution in [-0.2, 0) is 0 Å². The summed E-state index contributed by atoms with van der Waals surface area (Å²) in [6, 6.07) is 0.744. The van der Waals surface area contributed by atoms with E-state index in [1.807, 2.05) is 0 Å². The Kier molecular flexibility index (Phi) is 5.12. The van der Waals surface area contributed by atoms with Crippen LogP contribution in [0, 0.1) is 5.92 Å². The van der Waals surface area contributed by atoms with Crippen LogP contribution in [0.3, 0.4) is 0 Å². The molecule has 1 aliphatic carbocycles. The van der Waals surface area contributed by atoms with Gasteiger partial charge in [0.25, 0.3) is 0 Å². The molecule has 1 aliphatic rings. The quantitative estimate of drug-likeness (QED) is 0.693. The van der Waals surface area contributed by atoms with Gasteiger partial charge >= 0.3 is 0 Å². The highest BCUT2D eigenvalue weighted by Gasteiger charge is 2.18. The Hall–Kier alpha value is 0.250. The van der Waals surface area contributed by atoms with Crippen molar-refractivity contribution in [1.82, 2.24) is 5.32 Å². The third-order valence-electron chi connectivity index (χ3n) is 2.81. The molecule has 0 atom stereocenters. The van der Waals surface area contributed by atoms with E-state index in [1.165, 1.54) is 38.6 Å². The maximum atomic E-state index is 6.04. The molecule has 0 heterocycles. The van der Waals surface area contributed by atoms with Crippen molar-refractivity contribution in [2.45, 2.75) is 57.4 Å². The van der Waals surface area contributed by atoms with Crippen molar-refractivity contribution in [2.75, 3.05) is 6.54 Å². The Morgan fingerprint density at radius 2 is 1.85 bits per heavy atom. The molecule has 0 bridgehead atoms. The van der Waals surface area contributed by atoms with Gasteiger partial charge in [-0.2, -0.15) is 0 Å². The first-order chi connectivity index (χ1) is 6.18. The van der Waals surface area contributed by atoms with E-state index >= 15 is 0 Å². The van der Waals surface area contributed by atoms with Crippen LogP contribution in [0.25, 0.3) is 0 Å². The average molecular weight is 204 g/mol. The van der Waals surface area contributed by atoms with E-state index in [-0.39, 0.29) is 0 Å². The molecule has 2 heteroatoms. The highest BCUT2D eigenvalue weighted by molar-refractivity contribution is 6.20. The summed E-state index contributed by atoms with van der Waals surface area (Å²) in [4.78, 5) is 0. The van der Waals surface area contributed by atoms with Crippen molar-refractivity contribution in [2.24, 2.45) is 5.92 Å². The smallest absolute Gasteiger partial charge is 0.0337 e. The van der Waals surface area contributed by atoms with Crippen LogP contribution < -0.4 is 5.32 Å². The fraction of sp³-hybridized carbons (Fsp3) is 1.00. The normalized spacial score (nSPS) is 29.5. The zero-order valence-corrected chi connectivity index (χ0v) is 9.61. The lowest BCUT2D eigenvalue weighted by molar-refractivity contribution is 0.367. The highest BCUT2D eigenvalue weighted by atomic mass is 35.5. The molecule has 13 heavy (non-hydrogen) atoms. The maximum absolute atomic E-state index is 6.04. The molecule has 0 radical (unpaired) electrons. The van der Waals surface area contributed by atoms with Crippen LogP contribution in [0.5, 0.6) is 0 Å². The number of hydrogen-bond donors (Lipinski definition) is 1. The number of halogens is 1. The summed E-state index contributed by atoms with van der Waals surface area (Å²) in [6.45, 7) is 5.73. The summed E-state index contributed by atoms with van der Waals surface area (Å²) < 4.78 is 0. The van der Waals surface area contributed by atoms with Crippen molar-refractivity contribution in [1.29, 1.82) is 0 Å². The second-order valence-electron chi connectivity index (χ2n) is 4.59. The fourth-order valence-electron chi connectivity index (χ4n) is 1.83. The van der Waals surface area contributed by atoms with E-state index in [2.05, 4.69) is 19.2 Å². The average Bonchev–Trinajstić information content (AvgIpc) is 2.08. The van der Waals surface area contributed by atoms with Crippen LogP contribution in [-0.4, -0.2) is 18.0 Å². The van der Waals surface area contributed by atoms with Gasteiger partial charge in [0.05, 0.1) is 0 Å². The molecule has 1 rings (SSSR count). The van der Waals surface area contributed by atoms with Crippen molar-refractivity contribution in [3.05, 3.63) is 0 Å². The van der Waals surface area contributed by atoms with Gasteiger partial charge in [-0.05, 0) is 44.6 Å². The van der Waals surface area contributed by atoms with Gasteiger partial charge in [-0.1, -0.05) is 13.8 Å². The van der Waals surface area contributed by atoms with E-state index in [0.717, 1.165) is 12.0 Å². The lowest BCUT2D eigenvalue weighted by atomic mass is 9.95. The largest absolute Gasteiger partial charge is 0.314 e. The fourth-order valence-corrected chi connectivity index (χ4v) is 2.08. The summed E-state index contributed by atoms with van der Waals surface area (Å²) >= 11 is 6.04. The van der Waals surface area contributed by atoms with Gasteiger partial charge in [0.2, 0.25) is 0 Å². The van der Waals surface area contributed by atoms with Gasteiger partial charge in [0.15, 0.2) is 0 Å². The van der Waals surface area contributed by atoms with Crippen LogP contribution in [0.2, 0.25) is 0 Å². The van der Waals surface area contributed by atoms with Gasteiger partial charge in [0.1, 0.15) is 0 Å². The predicted molar refractivity (Wildman–Crippen MR) is 59.4 cm³/mol. The first-order valence-corrected chi connectivity index (χ1v) is 5.99. The zero-order chi connectivity index (χ0) is 9.68. The Morgan fingerprint density at radius 3 is 2.38 bits per heavy atom. The Balaban J connectivity index is 2.02. The van der Waals surface area contributed by atoms with Crippen LogP contribution >= 0.6 is 11.6 Å². The monoisotopic (exact) mass is 203 g/mol. The SMILES string of the molecule is CC(C)CCNC1CCC(Cl)CC1. The summed E-state index contributed by atoms with van der Waals surface area (Å²) in [5, 5.41) is 4.06. The molecular formula is C11H22ClN. The molecule has 0 amide bonds. The lowest BCUT2D eigenvalue weighted by Gasteiger charge is -2.26. The number of alkyl halides is 1. The molecular weight excluding hydrogens is 182 g/mol. The second kappa shape index (κ2) is 5.87. The summed E-state index contributed by atoms with van der Waals surface area (Å²) in [7, 11) is 0. The molecule has 0 saturated heterocycles. The Labute approximate surface area is 87.2 Å². The molecule has 0 unspecified atom stereocenters. The van der Waals surface area contributed by atoms with Gasteiger partial charge < -0.3 is 5.32 Å². The van der Waals surface area contributed by atoms with Crippen molar-refractivity contribution in [3.63, 3.8) is 0 Å². The lowest BCUT2D eigenvalue weighted by Crippen LogP contribution is -2.34. The van der Waals surface area contributed by atoms with E-state index in [0.29, 0.717) is 5.38 Å². The van der Waals surface area contributed by atoms with Crippen LogP contribution in [0.15, 0.2) is 0 Å². The second-order valence-corrected chi connectivity index (χ2v) is 5.20. The van der Waals surface area contributed by atoms with Gasteiger partial charge in [0, 0.05) is 11.4 Å². The molecule has 0 aromatic rings. The summed E-state index contributed by atoms with van der Waals surface area (Å²) in [6.07, 6.45) is 6.22. The Morgan fingerprint density at radius 1 is 1.23 bits per heavy atom. The van der Waals surface area contributed by atoms with Crippen molar-refractivity contribution < 1.29 is 0 Å². The molecule has 0 aromatic heterocycles. The minimum absolute atomic E-state index is 0.447. The predicted octanol–water partition coefficient (Wildman–Crippen LogP) is 3.17. The van der Waals surface area contributed by atoms with Crippen LogP contribution in [0.1, 0.15) is 46.0 Å². The van der Waals surface area contributed by atoms with Crippen molar-refractivity contribution >= 4 is 11.6 Å². The number of nitrogens with one attached hydrogen (secondary N) is 1. The molecule has 1 nitrogen and oxygen atoms in total. The number of hydrogen-bond acceptors (Lipinski definition) is 1. The zero-order valence-electron chi connectivity index (χ0n) is 8.85. The van der Waals surface area contributed by atoms with Gasteiger partial charge in [-0.25, -0.2) is 0 Å².